The van der Waals surface area contributed by atoms with Gasteiger partial charge in [0.1, 0.15) is 16.4 Å². The summed E-state index contributed by atoms with van der Waals surface area (Å²) in [5, 5.41) is 0.822. The zero-order valence-electron chi connectivity index (χ0n) is 13.0. The summed E-state index contributed by atoms with van der Waals surface area (Å²) in [6, 6.07) is 7.86. The van der Waals surface area contributed by atoms with Crippen LogP contribution in [0.5, 0.6) is 5.75 Å². The van der Waals surface area contributed by atoms with E-state index in [2.05, 4.69) is 4.98 Å². The fraction of sp³-hybridized carbons (Fsp3) is 0.333. The molecule has 4 nitrogen and oxygen atoms in total. The van der Waals surface area contributed by atoms with Gasteiger partial charge < -0.3 is 9.72 Å². The van der Waals surface area contributed by atoms with Crippen LogP contribution >= 0.6 is 11.3 Å². The summed E-state index contributed by atoms with van der Waals surface area (Å²) in [5.74, 6) is 1.56. The minimum absolute atomic E-state index is 0.0120. The van der Waals surface area contributed by atoms with Gasteiger partial charge in [-0.25, -0.2) is 4.98 Å². The number of rotatable bonds is 3. The standard InChI is InChI=1S/C18H18N2O2S/c1-22-12-8-6-11(7-9-12)10-15-19-17(21)16-13-4-2-3-5-14(13)23-18(16)20-15/h6-9H,2-5,10H2,1H3,(H,19,20,21). The number of benzene rings is 1. The number of nitrogens with zero attached hydrogens (tertiary/aromatic N) is 1. The normalized spacial score (nSPS) is 14.0. The van der Waals surface area contributed by atoms with Gasteiger partial charge in [-0.2, -0.15) is 0 Å². The van der Waals surface area contributed by atoms with Crippen molar-refractivity contribution in [2.24, 2.45) is 0 Å². The van der Waals surface area contributed by atoms with Crippen LogP contribution in [0.3, 0.4) is 0 Å². The first-order valence-electron chi connectivity index (χ1n) is 7.91. The van der Waals surface area contributed by atoms with Crippen molar-refractivity contribution in [2.45, 2.75) is 32.1 Å². The largest absolute Gasteiger partial charge is 0.497 e. The summed E-state index contributed by atoms with van der Waals surface area (Å²) in [7, 11) is 1.65. The highest BCUT2D eigenvalue weighted by molar-refractivity contribution is 7.18. The van der Waals surface area contributed by atoms with Crippen LogP contribution in [0.2, 0.25) is 0 Å². The van der Waals surface area contributed by atoms with E-state index >= 15 is 0 Å². The Labute approximate surface area is 138 Å². The van der Waals surface area contributed by atoms with Gasteiger partial charge in [0.2, 0.25) is 0 Å². The van der Waals surface area contributed by atoms with Gasteiger partial charge in [0.25, 0.3) is 5.56 Å². The number of aromatic nitrogens is 2. The maximum atomic E-state index is 12.5. The topological polar surface area (TPSA) is 55.0 Å². The third-order valence-electron chi connectivity index (χ3n) is 4.40. The quantitative estimate of drug-likeness (QED) is 0.802. The van der Waals surface area contributed by atoms with Crippen molar-refractivity contribution < 1.29 is 4.74 Å². The van der Waals surface area contributed by atoms with Gasteiger partial charge in [0.15, 0.2) is 0 Å². The monoisotopic (exact) mass is 326 g/mol. The molecule has 4 rings (SSSR count). The lowest BCUT2D eigenvalue weighted by atomic mass is 9.97. The molecule has 0 unspecified atom stereocenters. The molecule has 118 valence electrons. The molecule has 1 aliphatic rings. The van der Waals surface area contributed by atoms with Crippen LogP contribution in [0.4, 0.5) is 0 Å². The number of methoxy groups -OCH3 is 1. The summed E-state index contributed by atoms with van der Waals surface area (Å²) in [6.07, 6.45) is 5.11. The molecule has 3 aromatic rings. The minimum atomic E-state index is 0.0120. The molecule has 2 aromatic heterocycles. The Balaban J connectivity index is 1.72. The van der Waals surface area contributed by atoms with Crippen LogP contribution in [-0.2, 0) is 19.3 Å². The second-order valence-electron chi connectivity index (χ2n) is 5.93. The SMILES string of the molecule is COc1ccc(Cc2nc3sc4c(c3c(=O)[nH]2)CCCC4)cc1. The van der Waals surface area contributed by atoms with Crippen molar-refractivity contribution in [1.82, 2.24) is 9.97 Å². The first-order chi connectivity index (χ1) is 11.2. The zero-order chi connectivity index (χ0) is 15.8. The molecule has 1 aliphatic carbocycles. The Morgan fingerprint density at radius 1 is 1.22 bits per heavy atom. The molecule has 0 saturated carbocycles. The number of thiophene rings is 1. The van der Waals surface area contributed by atoms with Crippen LogP contribution < -0.4 is 10.3 Å². The first kappa shape index (κ1) is 14.5. The molecule has 23 heavy (non-hydrogen) atoms. The van der Waals surface area contributed by atoms with Crippen molar-refractivity contribution in [1.29, 1.82) is 0 Å². The smallest absolute Gasteiger partial charge is 0.259 e. The number of aromatic amines is 1. The maximum Gasteiger partial charge on any atom is 0.259 e. The van der Waals surface area contributed by atoms with Gasteiger partial charge >= 0.3 is 0 Å². The average Bonchev–Trinajstić information content (AvgIpc) is 2.94. The fourth-order valence-corrected chi connectivity index (χ4v) is 4.51. The van der Waals surface area contributed by atoms with E-state index in [1.807, 2.05) is 24.3 Å². The lowest BCUT2D eigenvalue weighted by Crippen LogP contribution is -2.13. The van der Waals surface area contributed by atoms with Crippen LogP contribution in [0.15, 0.2) is 29.1 Å². The van der Waals surface area contributed by atoms with Gasteiger partial charge in [-0.15, -0.1) is 11.3 Å². The Bertz CT molecular complexity index is 909. The number of nitrogens with one attached hydrogen (secondary N) is 1. The van der Waals surface area contributed by atoms with Gasteiger partial charge in [-0.1, -0.05) is 12.1 Å². The Morgan fingerprint density at radius 2 is 2.00 bits per heavy atom. The highest BCUT2D eigenvalue weighted by Gasteiger charge is 2.19. The number of aryl methyl sites for hydroxylation is 2. The van der Waals surface area contributed by atoms with Crippen molar-refractivity contribution in [3.63, 3.8) is 0 Å². The molecule has 0 spiro atoms. The molecule has 5 heteroatoms. The van der Waals surface area contributed by atoms with Gasteiger partial charge in [-0.05, 0) is 48.9 Å². The van der Waals surface area contributed by atoms with Gasteiger partial charge in [0, 0.05) is 11.3 Å². The van der Waals surface area contributed by atoms with E-state index in [9.17, 15) is 4.79 Å². The van der Waals surface area contributed by atoms with E-state index < -0.39 is 0 Å². The second-order valence-corrected chi connectivity index (χ2v) is 7.01. The van der Waals surface area contributed by atoms with Crippen LogP contribution in [0.25, 0.3) is 10.2 Å². The van der Waals surface area contributed by atoms with E-state index in [0.29, 0.717) is 6.42 Å². The minimum Gasteiger partial charge on any atom is -0.497 e. The van der Waals surface area contributed by atoms with E-state index in [1.54, 1.807) is 18.4 Å². The van der Waals surface area contributed by atoms with E-state index in [1.165, 1.54) is 23.3 Å². The van der Waals surface area contributed by atoms with Gasteiger partial charge in [-0.3, -0.25) is 4.79 Å². The lowest BCUT2D eigenvalue weighted by molar-refractivity contribution is 0.414. The summed E-state index contributed by atoms with van der Waals surface area (Å²) in [5.41, 5.74) is 2.36. The summed E-state index contributed by atoms with van der Waals surface area (Å²) in [4.78, 5) is 22.4. The lowest BCUT2D eigenvalue weighted by Gasteiger charge is -2.09. The van der Waals surface area contributed by atoms with Gasteiger partial charge in [0.05, 0.1) is 12.5 Å². The van der Waals surface area contributed by atoms with Crippen LogP contribution in [-0.4, -0.2) is 17.1 Å². The number of ether oxygens (including phenoxy) is 1. The van der Waals surface area contributed by atoms with E-state index in [-0.39, 0.29) is 5.56 Å². The second kappa shape index (κ2) is 5.81. The van der Waals surface area contributed by atoms with Crippen molar-refractivity contribution in [3.8, 4) is 5.75 Å². The Morgan fingerprint density at radius 3 is 2.78 bits per heavy atom. The number of H-pyrrole nitrogens is 1. The van der Waals surface area contributed by atoms with Crippen molar-refractivity contribution in [2.75, 3.05) is 7.11 Å². The van der Waals surface area contributed by atoms with Crippen LogP contribution in [0.1, 0.15) is 34.7 Å². The van der Waals surface area contributed by atoms with Crippen molar-refractivity contribution in [3.05, 3.63) is 56.4 Å². The number of fused-ring (bicyclic) bond motifs is 3. The predicted octanol–water partition coefficient (Wildman–Crippen LogP) is 3.46. The summed E-state index contributed by atoms with van der Waals surface area (Å²) < 4.78 is 5.17. The molecule has 1 aromatic carbocycles. The molecule has 0 aliphatic heterocycles. The molecule has 0 saturated heterocycles. The van der Waals surface area contributed by atoms with E-state index in [0.717, 1.165) is 40.2 Å². The highest BCUT2D eigenvalue weighted by atomic mass is 32.1. The maximum absolute atomic E-state index is 12.5. The molecule has 0 atom stereocenters. The molecular formula is C18H18N2O2S. The van der Waals surface area contributed by atoms with Crippen molar-refractivity contribution >= 4 is 21.6 Å². The number of hydrogen-bond acceptors (Lipinski definition) is 4. The molecule has 0 fully saturated rings. The Kier molecular flexibility index (Phi) is 3.65. The summed E-state index contributed by atoms with van der Waals surface area (Å²) in [6.45, 7) is 0. The Hall–Kier alpha value is -2.14. The first-order valence-corrected chi connectivity index (χ1v) is 8.72. The average molecular weight is 326 g/mol. The molecular weight excluding hydrogens is 308 g/mol. The predicted molar refractivity (Wildman–Crippen MR) is 92.7 cm³/mol. The third kappa shape index (κ3) is 2.65. The zero-order valence-corrected chi connectivity index (χ0v) is 13.8. The van der Waals surface area contributed by atoms with Crippen LogP contribution in [0, 0.1) is 0 Å². The highest BCUT2D eigenvalue weighted by Crippen LogP contribution is 2.33. The fourth-order valence-electron chi connectivity index (χ4n) is 3.23. The molecule has 0 amide bonds. The third-order valence-corrected chi connectivity index (χ3v) is 5.59. The number of hydrogen-bond donors (Lipinski definition) is 1. The molecule has 0 radical (unpaired) electrons. The molecule has 1 N–H and O–H groups in total. The van der Waals surface area contributed by atoms with E-state index in [4.69, 9.17) is 9.72 Å². The summed E-state index contributed by atoms with van der Waals surface area (Å²) >= 11 is 1.69. The molecule has 2 heterocycles. The molecule has 0 bridgehead atoms.